The van der Waals surface area contributed by atoms with Crippen LogP contribution in [0.1, 0.15) is 21.5 Å². The van der Waals surface area contributed by atoms with Crippen LogP contribution in [0.5, 0.6) is 5.75 Å². The van der Waals surface area contributed by atoms with Crippen molar-refractivity contribution in [2.75, 3.05) is 13.7 Å². The number of carbonyl (C=O) groups is 1. The molecule has 0 aliphatic rings. The van der Waals surface area contributed by atoms with Gasteiger partial charge in [0.2, 0.25) is 0 Å². The Bertz CT molecular complexity index is 402. The molecule has 2 N–H and O–H groups in total. The van der Waals surface area contributed by atoms with Crippen LogP contribution in [0.3, 0.4) is 0 Å². The summed E-state index contributed by atoms with van der Waals surface area (Å²) in [5, 5.41) is 0.472. The molecule has 0 spiro atoms. The largest absolute Gasteiger partial charge is 0.495 e. The summed E-state index contributed by atoms with van der Waals surface area (Å²) in [7, 11) is 1.55. The molecule has 3 nitrogen and oxygen atoms in total. The lowest BCUT2D eigenvalue weighted by Crippen LogP contribution is -2.16. The van der Waals surface area contributed by atoms with Gasteiger partial charge in [-0.05, 0) is 31.0 Å². The maximum absolute atomic E-state index is 11.6. The molecule has 0 unspecified atom stereocenters. The van der Waals surface area contributed by atoms with Gasteiger partial charge in [-0.15, -0.1) is 0 Å². The molecule has 0 saturated carbocycles. The van der Waals surface area contributed by atoms with Gasteiger partial charge in [-0.1, -0.05) is 11.6 Å². The molecule has 0 saturated heterocycles. The van der Waals surface area contributed by atoms with Gasteiger partial charge in [0.1, 0.15) is 5.75 Å². The smallest absolute Gasteiger partial charge is 0.176 e. The molecule has 1 aromatic rings. The van der Waals surface area contributed by atoms with Gasteiger partial charge in [-0.2, -0.15) is 0 Å². The lowest BCUT2D eigenvalue weighted by molar-refractivity contribution is 0.1000. The summed E-state index contributed by atoms with van der Waals surface area (Å²) in [5.74, 6) is 0.481. The van der Waals surface area contributed by atoms with E-state index < -0.39 is 0 Å². The molecule has 4 heteroatoms. The molecule has 1 aromatic carbocycles. The molecule has 0 amide bonds. The van der Waals surface area contributed by atoms with Gasteiger partial charge < -0.3 is 10.5 Å². The Kier molecular flexibility index (Phi) is 3.72. The van der Waals surface area contributed by atoms with Crippen molar-refractivity contribution in [1.82, 2.24) is 0 Å². The third-order valence-electron chi connectivity index (χ3n) is 2.35. The highest BCUT2D eigenvalue weighted by Crippen LogP contribution is 2.32. The van der Waals surface area contributed by atoms with Crippen molar-refractivity contribution in [3.8, 4) is 5.75 Å². The highest BCUT2D eigenvalue weighted by molar-refractivity contribution is 6.33. The van der Waals surface area contributed by atoms with E-state index in [1.54, 1.807) is 20.1 Å². The van der Waals surface area contributed by atoms with Crippen LogP contribution in [-0.2, 0) is 0 Å². The van der Waals surface area contributed by atoms with Gasteiger partial charge in [0.15, 0.2) is 5.78 Å². The van der Waals surface area contributed by atoms with Gasteiger partial charge in [0.05, 0.1) is 18.7 Å². The fourth-order valence-electron chi connectivity index (χ4n) is 1.60. The fourth-order valence-corrected chi connectivity index (χ4v) is 1.83. The van der Waals surface area contributed by atoms with Crippen LogP contribution in [0.25, 0.3) is 0 Å². The van der Waals surface area contributed by atoms with E-state index >= 15 is 0 Å². The van der Waals surface area contributed by atoms with Gasteiger partial charge in [0.25, 0.3) is 0 Å². The Morgan fingerprint density at radius 3 is 2.60 bits per heavy atom. The Morgan fingerprint density at radius 1 is 1.53 bits per heavy atom. The third kappa shape index (κ3) is 2.13. The van der Waals surface area contributed by atoms with Crippen LogP contribution in [-0.4, -0.2) is 19.4 Å². The first-order chi connectivity index (χ1) is 7.02. The number of halogens is 1. The Hall–Kier alpha value is -1.06. The molecule has 0 atom stereocenters. The van der Waals surface area contributed by atoms with E-state index in [4.69, 9.17) is 22.1 Å². The van der Waals surface area contributed by atoms with E-state index in [0.717, 1.165) is 11.1 Å². The fraction of sp³-hybridized carbons (Fsp3) is 0.364. The van der Waals surface area contributed by atoms with E-state index in [1.165, 1.54) is 0 Å². The number of Topliss-reactive ketones (excluding diaryl/α,β-unsaturated/α-hetero) is 1. The summed E-state index contributed by atoms with van der Waals surface area (Å²) >= 11 is 6.05. The summed E-state index contributed by atoms with van der Waals surface area (Å²) < 4.78 is 5.10. The first-order valence-electron chi connectivity index (χ1n) is 4.59. The van der Waals surface area contributed by atoms with Gasteiger partial charge >= 0.3 is 0 Å². The van der Waals surface area contributed by atoms with E-state index in [0.29, 0.717) is 16.3 Å². The summed E-state index contributed by atoms with van der Waals surface area (Å²) in [6.07, 6.45) is 0. The molecule has 15 heavy (non-hydrogen) atoms. The Morgan fingerprint density at radius 2 is 2.13 bits per heavy atom. The molecule has 82 valence electrons. The van der Waals surface area contributed by atoms with Crippen LogP contribution in [0.2, 0.25) is 5.02 Å². The van der Waals surface area contributed by atoms with Crippen molar-refractivity contribution >= 4 is 17.4 Å². The summed E-state index contributed by atoms with van der Waals surface area (Å²) in [6, 6.07) is 1.75. The van der Waals surface area contributed by atoms with Gasteiger partial charge in [0, 0.05) is 5.56 Å². The van der Waals surface area contributed by atoms with Crippen LogP contribution in [0.4, 0.5) is 0 Å². The van der Waals surface area contributed by atoms with Crippen molar-refractivity contribution in [2.24, 2.45) is 5.73 Å². The number of methoxy groups -OCH3 is 1. The van der Waals surface area contributed by atoms with E-state index in [2.05, 4.69) is 0 Å². The molecule has 0 aromatic heterocycles. The maximum Gasteiger partial charge on any atom is 0.176 e. The lowest BCUT2D eigenvalue weighted by atomic mass is 9.98. The van der Waals surface area contributed by atoms with Gasteiger partial charge in [-0.3, -0.25) is 4.79 Å². The van der Waals surface area contributed by atoms with Crippen molar-refractivity contribution in [3.05, 3.63) is 27.8 Å². The van der Waals surface area contributed by atoms with Crippen LogP contribution in [0.15, 0.2) is 6.07 Å². The number of ketones is 1. The van der Waals surface area contributed by atoms with Crippen molar-refractivity contribution < 1.29 is 9.53 Å². The minimum atomic E-state index is -0.102. The van der Waals surface area contributed by atoms with E-state index in [-0.39, 0.29) is 12.3 Å². The molecule has 0 heterocycles. The lowest BCUT2D eigenvalue weighted by Gasteiger charge is -2.13. The standard InChI is InChI=1S/C11H14ClNO2/c1-6-4-9(15-3)11(12)7(2)10(6)8(14)5-13/h4H,5,13H2,1-3H3. The highest BCUT2D eigenvalue weighted by atomic mass is 35.5. The monoisotopic (exact) mass is 227 g/mol. The number of carbonyl (C=O) groups excluding carboxylic acids is 1. The number of hydrogen-bond donors (Lipinski definition) is 1. The van der Waals surface area contributed by atoms with Crippen LogP contribution in [0, 0.1) is 13.8 Å². The average Bonchev–Trinajstić information content (AvgIpc) is 2.23. The number of nitrogens with two attached hydrogens (primary N) is 1. The highest BCUT2D eigenvalue weighted by Gasteiger charge is 2.16. The number of rotatable bonds is 3. The minimum Gasteiger partial charge on any atom is -0.495 e. The van der Waals surface area contributed by atoms with E-state index in [1.807, 2.05) is 6.92 Å². The second-order valence-corrected chi connectivity index (χ2v) is 3.71. The Labute approximate surface area is 94.2 Å². The van der Waals surface area contributed by atoms with Crippen molar-refractivity contribution in [2.45, 2.75) is 13.8 Å². The second kappa shape index (κ2) is 4.64. The zero-order chi connectivity index (χ0) is 11.6. The Balaban J connectivity index is 3.42. The molecule has 1 rings (SSSR count). The topological polar surface area (TPSA) is 52.3 Å². The van der Waals surface area contributed by atoms with Crippen molar-refractivity contribution in [1.29, 1.82) is 0 Å². The number of ether oxygens (including phenoxy) is 1. The summed E-state index contributed by atoms with van der Waals surface area (Å²) in [6.45, 7) is 3.62. The maximum atomic E-state index is 11.6. The predicted molar refractivity (Wildman–Crippen MR) is 60.9 cm³/mol. The molecular weight excluding hydrogens is 214 g/mol. The molecule has 0 bridgehead atoms. The zero-order valence-corrected chi connectivity index (χ0v) is 9.81. The quantitative estimate of drug-likeness (QED) is 0.805. The number of hydrogen-bond acceptors (Lipinski definition) is 3. The molecule has 0 radical (unpaired) electrons. The minimum absolute atomic E-state index is 0.00959. The third-order valence-corrected chi connectivity index (χ3v) is 2.82. The molecular formula is C11H14ClNO2. The zero-order valence-electron chi connectivity index (χ0n) is 9.06. The van der Waals surface area contributed by atoms with Gasteiger partial charge in [-0.25, -0.2) is 0 Å². The number of benzene rings is 1. The summed E-state index contributed by atoms with van der Waals surface area (Å²) in [4.78, 5) is 11.6. The number of aryl methyl sites for hydroxylation is 1. The first-order valence-corrected chi connectivity index (χ1v) is 4.97. The SMILES string of the molecule is COc1cc(C)c(C(=O)CN)c(C)c1Cl. The average molecular weight is 228 g/mol. The van der Waals surface area contributed by atoms with Crippen molar-refractivity contribution in [3.63, 3.8) is 0 Å². The molecule has 0 aliphatic carbocycles. The first kappa shape index (κ1) is 12.0. The molecule has 0 aliphatic heterocycles. The van der Waals surface area contributed by atoms with E-state index in [9.17, 15) is 4.79 Å². The normalized spacial score (nSPS) is 10.2. The summed E-state index contributed by atoms with van der Waals surface area (Å²) in [5.41, 5.74) is 7.50. The predicted octanol–water partition coefficient (Wildman–Crippen LogP) is 2.11. The van der Waals surface area contributed by atoms with Crippen LogP contribution >= 0.6 is 11.6 Å². The second-order valence-electron chi connectivity index (χ2n) is 3.34. The van der Waals surface area contributed by atoms with Crippen LogP contribution < -0.4 is 10.5 Å². The molecule has 0 fully saturated rings.